The van der Waals surface area contributed by atoms with Gasteiger partial charge >= 0.3 is 0 Å². The number of hydrogen-bond donors (Lipinski definition) is 2. The van der Waals surface area contributed by atoms with E-state index in [1.54, 1.807) is 31.2 Å². The van der Waals surface area contributed by atoms with Crippen molar-refractivity contribution in [3.05, 3.63) is 58.1 Å². The van der Waals surface area contributed by atoms with E-state index in [9.17, 15) is 13.2 Å². The van der Waals surface area contributed by atoms with Crippen molar-refractivity contribution in [3.8, 4) is 5.75 Å². The van der Waals surface area contributed by atoms with Gasteiger partial charge in [0.2, 0.25) is 10.0 Å². The molecule has 0 radical (unpaired) electrons. The Morgan fingerprint density at radius 3 is 2.23 bits per heavy atom. The average Bonchev–Trinajstić information content (AvgIpc) is 2.53. The third-order valence-corrected chi connectivity index (χ3v) is 5.01. The minimum atomic E-state index is -3.74. The zero-order valence-corrected chi connectivity index (χ0v) is 16.3. The van der Waals surface area contributed by atoms with E-state index in [1.165, 1.54) is 12.1 Å². The van der Waals surface area contributed by atoms with Gasteiger partial charge in [0, 0.05) is 5.02 Å². The van der Waals surface area contributed by atoms with Crippen LogP contribution in [0.15, 0.2) is 41.3 Å². The molecule has 0 fully saturated rings. The van der Waals surface area contributed by atoms with Crippen molar-refractivity contribution < 1.29 is 17.9 Å². The van der Waals surface area contributed by atoms with Crippen LogP contribution in [0, 0.1) is 13.8 Å². The first kappa shape index (κ1) is 20.2. The molecule has 0 aliphatic heterocycles. The van der Waals surface area contributed by atoms with E-state index in [4.69, 9.17) is 21.5 Å². The van der Waals surface area contributed by atoms with Crippen LogP contribution >= 0.6 is 11.6 Å². The summed E-state index contributed by atoms with van der Waals surface area (Å²) >= 11 is 5.98. The van der Waals surface area contributed by atoms with Crippen molar-refractivity contribution in [1.82, 2.24) is 5.32 Å². The quantitative estimate of drug-likeness (QED) is 0.784. The van der Waals surface area contributed by atoms with E-state index in [0.29, 0.717) is 10.8 Å². The van der Waals surface area contributed by atoms with E-state index < -0.39 is 10.0 Å². The number of halogens is 1. The Hall–Kier alpha value is -2.09. The van der Waals surface area contributed by atoms with Gasteiger partial charge in [-0.15, -0.1) is 0 Å². The summed E-state index contributed by atoms with van der Waals surface area (Å²) in [4.78, 5) is 12.2. The van der Waals surface area contributed by atoms with Gasteiger partial charge < -0.3 is 10.1 Å². The summed E-state index contributed by atoms with van der Waals surface area (Å²) in [5, 5.41) is 8.49. The molecule has 8 heteroatoms. The maximum Gasteiger partial charge on any atom is 0.258 e. The SMILES string of the molecule is Cc1cc(Cl)cc(C)c1OCC(=O)NC(C)c1ccc(S(N)(=O)=O)cc1. The molecule has 1 atom stereocenters. The number of nitrogens with two attached hydrogens (primary N) is 1. The molecule has 0 aliphatic carbocycles. The molecule has 2 rings (SSSR count). The van der Waals surface area contributed by atoms with Gasteiger partial charge in [0.1, 0.15) is 5.75 Å². The molecule has 0 saturated carbocycles. The second-order valence-electron chi connectivity index (χ2n) is 6.06. The number of carbonyl (C=O) groups excluding carboxylic acids is 1. The highest BCUT2D eigenvalue weighted by atomic mass is 35.5. The predicted octanol–water partition coefficient (Wildman–Crippen LogP) is 2.86. The normalized spacial score (nSPS) is 12.5. The molecule has 0 spiro atoms. The number of rotatable bonds is 6. The standard InChI is InChI=1S/C18H21ClN2O4S/c1-11-8-15(19)9-12(2)18(11)25-10-17(22)21-13(3)14-4-6-16(7-5-14)26(20,23)24/h4-9,13H,10H2,1-3H3,(H,21,22)(H2,20,23,24). The molecular formula is C18H21ClN2O4S. The smallest absolute Gasteiger partial charge is 0.258 e. The van der Waals surface area contributed by atoms with Crippen molar-refractivity contribution in [1.29, 1.82) is 0 Å². The van der Waals surface area contributed by atoms with Crippen LogP contribution in [0.2, 0.25) is 5.02 Å². The van der Waals surface area contributed by atoms with Crippen molar-refractivity contribution in [2.24, 2.45) is 5.14 Å². The maximum atomic E-state index is 12.1. The van der Waals surface area contributed by atoms with E-state index in [2.05, 4.69) is 5.32 Å². The van der Waals surface area contributed by atoms with Crippen molar-refractivity contribution in [2.45, 2.75) is 31.7 Å². The Bertz CT molecular complexity index is 888. The van der Waals surface area contributed by atoms with E-state index in [-0.39, 0.29) is 23.5 Å². The van der Waals surface area contributed by atoms with Crippen molar-refractivity contribution in [2.75, 3.05) is 6.61 Å². The summed E-state index contributed by atoms with van der Waals surface area (Å²) in [7, 11) is -3.74. The zero-order chi connectivity index (χ0) is 19.5. The van der Waals surface area contributed by atoms with Gasteiger partial charge in [-0.3, -0.25) is 4.79 Å². The van der Waals surface area contributed by atoms with Gasteiger partial charge in [-0.1, -0.05) is 23.7 Å². The molecule has 0 heterocycles. The molecule has 6 nitrogen and oxygen atoms in total. The lowest BCUT2D eigenvalue weighted by Gasteiger charge is -2.16. The molecule has 2 aromatic rings. The number of sulfonamides is 1. The van der Waals surface area contributed by atoms with Gasteiger partial charge in [-0.2, -0.15) is 0 Å². The van der Waals surface area contributed by atoms with Gasteiger partial charge in [-0.25, -0.2) is 13.6 Å². The third kappa shape index (κ3) is 5.20. The van der Waals surface area contributed by atoms with Crippen LogP contribution in [0.25, 0.3) is 0 Å². The number of hydrogen-bond acceptors (Lipinski definition) is 4. The molecule has 0 aliphatic rings. The molecule has 26 heavy (non-hydrogen) atoms. The van der Waals surface area contributed by atoms with Gasteiger partial charge in [-0.05, 0) is 61.7 Å². The molecule has 0 saturated heterocycles. The minimum Gasteiger partial charge on any atom is -0.483 e. The highest BCUT2D eigenvalue weighted by molar-refractivity contribution is 7.89. The summed E-state index contributed by atoms with van der Waals surface area (Å²) in [6.45, 7) is 5.38. The first-order chi connectivity index (χ1) is 12.1. The second-order valence-corrected chi connectivity index (χ2v) is 8.06. The summed E-state index contributed by atoms with van der Waals surface area (Å²) in [6.07, 6.45) is 0. The van der Waals surface area contributed by atoms with Gasteiger partial charge in [0.05, 0.1) is 10.9 Å². The van der Waals surface area contributed by atoms with Crippen LogP contribution < -0.4 is 15.2 Å². The largest absolute Gasteiger partial charge is 0.483 e. The van der Waals surface area contributed by atoms with Crippen molar-refractivity contribution in [3.63, 3.8) is 0 Å². The second kappa shape index (κ2) is 8.07. The fourth-order valence-electron chi connectivity index (χ4n) is 2.58. The number of amides is 1. The van der Waals surface area contributed by atoms with Crippen LogP contribution in [0.1, 0.15) is 29.7 Å². The highest BCUT2D eigenvalue weighted by Gasteiger charge is 2.14. The molecular weight excluding hydrogens is 376 g/mol. The van der Waals surface area contributed by atoms with Crippen LogP contribution in [0.5, 0.6) is 5.75 Å². The lowest BCUT2D eigenvalue weighted by atomic mass is 10.1. The number of nitrogens with one attached hydrogen (secondary N) is 1. The minimum absolute atomic E-state index is 0.0248. The molecule has 140 valence electrons. The molecule has 1 amide bonds. The maximum absolute atomic E-state index is 12.1. The topological polar surface area (TPSA) is 98.5 Å². The number of aryl methyl sites for hydroxylation is 2. The van der Waals surface area contributed by atoms with E-state index in [1.807, 2.05) is 13.8 Å². The molecule has 0 bridgehead atoms. The lowest BCUT2D eigenvalue weighted by Crippen LogP contribution is -2.31. The summed E-state index contributed by atoms with van der Waals surface area (Å²) in [5.41, 5.74) is 2.47. The Morgan fingerprint density at radius 1 is 1.19 bits per heavy atom. The van der Waals surface area contributed by atoms with Crippen LogP contribution in [0.4, 0.5) is 0 Å². The van der Waals surface area contributed by atoms with Gasteiger partial charge in [0.15, 0.2) is 6.61 Å². The summed E-state index contributed by atoms with van der Waals surface area (Å²) in [5.74, 6) is 0.344. The van der Waals surface area contributed by atoms with Crippen LogP contribution in [0.3, 0.4) is 0 Å². The van der Waals surface area contributed by atoms with Crippen LogP contribution in [-0.4, -0.2) is 20.9 Å². The van der Waals surface area contributed by atoms with Crippen molar-refractivity contribution >= 4 is 27.5 Å². The third-order valence-electron chi connectivity index (χ3n) is 3.86. The Morgan fingerprint density at radius 2 is 1.73 bits per heavy atom. The van der Waals surface area contributed by atoms with Gasteiger partial charge in [0.25, 0.3) is 5.91 Å². The Labute approximate surface area is 158 Å². The number of benzene rings is 2. The summed E-state index contributed by atoms with van der Waals surface area (Å²) in [6, 6.07) is 9.27. The molecule has 2 aromatic carbocycles. The predicted molar refractivity (Wildman–Crippen MR) is 101 cm³/mol. The first-order valence-electron chi connectivity index (χ1n) is 7.89. The molecule has 1 unspecified atom stereocenters. The van der Waals surface area contributed by atoms with Crippen LogP contribution in [-0.2, 0) is 14.8 Å². The van der Waals surface area contributed by atoms with E-state index in [0.717, 1.165) is 16.7 Å². The Balaban J connectivity index is 1.97. The number of carbonyl (C=O) groups is 1. The number of primary sulfonamides is 1. The Kier molecular flexibility index (Phi) is 6.28. The lowest BCUT2D eigenvalue weighted by molar-refractivity contribution is -0.123. The first-order valence-corrected chi connectivity index (χ1v) is 9.82. The number of ether oxygens (including phenoxy) is 1. The fraction of sp³-hybridized carbons (Fsp3) is 0.278. The molecule has 3 N–H and O–H groups in total. The average molecular weight is 397 g/mol. The summed E-state index contributed by atoms with van der Waals surface area (Å²) < 4.78 is 28.2. The monoisotopic (exact) mass is 396 g/mol. The zero-order valence-electron chi connectivity index (χ0n) is 14.7. The highest BCUT2D eigenvalue weighted by Crippen LogP contribution is 2.27. The van der Waals surface area contributed by atoms with E-state index >= 15 is 0 Å². The fourth-order valence-corrected chi connectivity index (χ4v) is 3.42. The molecule has 0 aromatic heterocycles.